The Balaban J connectivity index is 2.53. The number of carboxylic acids is 2. The minimum Gasteiger partial charge on any atom is -0.508 e. The molecule has 0 radical (unpaired) electrons. The summed E-state index contributed by atoms with van der Waals surface area (Å²) in [4.78, 5) is 167. The predicted molar refractivity (Wildman–Crippen MR) is 264 cm³/mol. The van der Waals surface area contributed by atoms with Crippen molar-refractivity contribution >= 4 is 76.9 Å². The maximum atomic E-state index is 14.5. The number of rotatable bonds is 34. The number of nitrogens with two attached hydrogens (primary N) is 3. The second kappa shape index (κ2) is 32.5. The molecular formula is C47H66N12O17. The minimum atomic E-state index is -1.78. The summed E-state index contributed by atoms with van der Waals surface area (Å²) in [6.07, 6.45) is -3.56. The van der Waals surface area contributed by atoms with Gasteiger partial charge in [0.1, 0.15) is 54.6 Å². The number of hydrogen-bond donors (Lipinski definition) is 16. The molecule has 0 aliphatic carbocycles. The summed E-state index contributed by atoms with van der Waals surface area (Å²) in [7, 11) is 0. The Morgan fingerprint density at radius 2 is 0.947 bits per heavy atom. The first-order valence-electron chi connectivity index (χ1n) is 23.6. The molecule has 29 nitrogen and oxygen atoms in total. The normalized spacial score (nSPS) is 13.5. The summed E-state index contributed by atoms with van der Waals surface area (Å²) in [6.45, 7) is 0.225. The Bertz CT molecular complexity index is 2390. The lowest BCUT2D eigenvalue weighted by molar-refractivity contribution is -0.139. The van der Waals surface area contributed by atoms with Crippen LogP contribution in [0.1, 0.15) is 63.5 Å². The molecule has 0 aliphatic heterocycles. The van der Waals surface area contributed by atoms with Crippen LogP contribution in [0.5, 0.6) is 5.75 Å². The average molecular weight is 1070 g/mol. The van der Waals surface area contributed by atoms with Crippen LogP contribution >= 0.6 is 0 Å². The van der Waals surface area contributed by atoms with E-state index in [9.17, 15) is 77.6 Å². The predicted octanol–water partition coefficient (Wildman–Crippen LogP) is -6.11. The number of carbonyl (C=O) groups is 13. The Hall–Kier alpha value is -8.73. The molecule has 11 amide bonds. The zero-order chi connectivity index (χ0) is 57.1. The van der Waals surface area contributed by atoms with Crippen LogP contribution in [0.2, 0.25) is 0 Å². The van der Waals surface area contributed by atoms with Crippen LogP contribution in [0.3, 0.4) is 0 Å². The van der Waals surface area contributed by atoms with E-state index < -0.39 is 178 Å². The zero-order valence-corrected chi connectivity index (χ0v) is 41.6. The molecule has 2 aromatic rings. The number of aromatic hydroxyl groups is 1. The lowest BCUT2D eigenvalue weighted by Gasteiger charge is -2.28. The highest BCUT2D eigenvalue weighted by atomic mass is 16.4. The molecule has 2 aromatic carbocycles. The molecule has 0 aliphatic rings. The van der Waals surface area contributed by atoms with Crippen molar-refractivity contribution in [3.05, 3.63) is 65.7 Å². The Morgan fingerprint density at radius 3 is 1.45 bits per heavy atom. The summed E-state index contributed by atoms with van der Waals surface area (Å²) in [5.74, 6) is -14.5. The quantitative estimate of drug-likeness (QED) is 0.0310. The van der Waals surface area contributed by atoms with E-state index >= 15 is 0 Å². The van der Waals surface area contributed by atoms with E-state index in [0.29, 0.717) is 11.1 Å². The SMILES string of the molecule is CC(C)C[C@H](NC(=O)[C@H](CC(N)=O)NC(=O)[C@H](CCC(=O)O)NC(=O)CN)C(=O)N[C@@H](Cc1ccc(O)cc1)C(=O)N[C@@H](Cc1ccccc1)C(=O)N[C@@H](CCC(N)=O)C(=O)N[C@@H](CO)C(=O)NCC(=O)NCC(=O)O. The summed E-state index contributed by atoms with van der Waals surface area (Å²) < 4.78 is 0. The van der Waals surface area contributed by atoms with Crippen molar-refractivity contribution in [2.75, 3.05) is 26.2 Å². The van der Waals surface area contributed by atoms with Gasteiger partial charge >= 0.3 is 11.9 Å². The van der Waals surface area contributed by atoms with Crippen molar-refractivity contribution in [2.24, 2.45) is 23.1 Å². The first kappa shape index (κ1) is 63.4. The number of benzene rings is 2. The number of primary amides is 2. The first-order chi connectivity index (χ1) is 35.8. The second-order valence-corrected chi connectivity index (χ2v) is 17.6. The maximum Gasteiger partial charge on any atom is 0.322 e. The van der Waals surface area contributed by atoms with Crippen LogP contribution < -0.4 is 65.1 Å². The van der Waals surface area contributed by atoms with E-state index in [1.54, 1.807) is 44.2 Å². The molecule has 0 saturated heterocycles. The van der Waals surface area contributed by atoms with Gasteiger partial charge < -0.3 is 85.5 Å². The third kappa shape index (κ3) is 24.3. The Labute approximate surface area is 435 Å². The first-order valence-corrected chi connectivity index (χ1v) is 23.6. The molecule has 76 heavy (non-hydrogen) atoms. The maximum absolute atomic E-state index is 14.5. The molecule has 0 aromatic heterocycles. The Morgan fingerprint density at radius 1 is 0.487 bits per heavy atom. The van der Waals surface area contributed by atoms with Crippen LogP contribution in [0, 0.1) is 5.92 Å². The summed E-state index contributed by atoms with van der Waals surface area (Å²) in [5, 5.41) is 58.7. The number of amides is 11. The number of aliphatic carboxylic acids is 2. The lowest BCUT2D eigenvalue weighted by Crippen LogP contribution is -2.61. The number of aliphatic hydroxyl groups is 1. The molecule has 2 rings (SSSR count). The number of aliphatic hydroxyl groups excluding tert-OH is 1. The van der Waals surface area contributed by atoms with Crippen molar-refractivity contribution in [1.29, 1.82) is 0 Å². The van der Waals surface area contributed by atoms with Gasteiger partial charge in [-0.25, -0.2) is 0 Å². The lowest BCUT2D eigenvalue weighted by atomic mass is 9.99. The summed E-state index contributed by atoms with van der Waals surface area (Å²) in [5.41, 5.74) is 16.9. The number of hydrogen-bond acceptors (Lipinski definition) is 16. The van der Waals surface area contributed by atoms with Crippen molar-refractivity contribution in [3.8, 4) is 5.75 Å². The largest absolute Gasteiger partial charge is 0.508 e. The van der Waals surface area contributed by atoms with Crippen LogP contribution in [0.25, 0.3) is 0 Å². The zero-order valence-electron chi connectivity index (χ0n) is 41.6. The van der Waals surface area contributed by atoms with Gasteiger partial charge in [-0.3, -0.25) is 62.3 Å². The standard InChI is InChI=1S/C47H66N12O17/c1-24(2)16-30(55-47(76)33(19-36(50)63)58-42(71)28(13-15-39(66)67)53-37(64)20-48)44(73)56-32(18-26-8-10-27(61)11-9-26)46(75)57-31(17-25-6-4-3-5-7-25)45(74)54-29(12-14-35(49)62)43(72)59-34(23-60)41(70)52-21-38(65)51-22-40(68)69/h3-11,24,28-34,60-61H,12-23,48H2,1-2H3,(H2,49,62)(H2,50,63)(H,51,65)(H,52,70)(H,53,64)(H,54,74)(H,55,76)(H,56,73)(H,57,75)(H,58,71)(H,59,72)(H,66,67)(H,68,69)/t28-,29-,30-,31-,32-,33-,34-/m0/s1. The fraction of sp³-hybridized carbons (Fsp3) is 0.468. The smallest absolute Gasteiger partial charge is 0.322 e. The number of phenolic OH excluding ortho intramolecular Hbond substituents is 1. The molecule has 7 atom stereocenters. The molecule has 0 unspecified atom stereocenters. The van der Waals surface area contributed by atoms with E-state index in [-0.39, 0.29) is 30.9 Å². The van der Waals surface area contributed by atoms with Gasteiger partial charge in [0, 0.05) is 25.7 Å². The highest BCUT2D eigenvalue weighted by Gasteiger charge is 2.35. The average Bonchev–Trinajstić information content (AvgIpc) is 3.35. The molecule has 0 spiro atoms. The van der Waals surface area contributed by atoms with E-state index in [0.717, 1.165) is 0 Å². The number of phenols is 1. The van der Waals surface area contributed by atoms with Gasteiger partial charge in [0.15, 0.2) is 0 Å². The van der Waals surface area contributed by atoms with Crippen LogP contribution in [0.4, 0.5) is 0 Å². The molecule has 0 bridgehead atoms. The van der Waals surface area contributed by atoms with Gasteiger partial charge in [-0.15, -0.1) is 0 Å². The van der Waals surface area contributed by atoms with E-state index in [1.807, 2.05) is 5.32 Å². The molecule has 29 heteroatoms. The van der Waals surface area contributed by atoms with Crippen molar-refractivity contribution in [1.82, 2.24) is 47.9 Å². The Kier molecular flexibility index (Phi) is 27.1. The van der Waals surface area contributed by atoms with Gasteiger partial charge in [-0.1, -0.05) is 56.3 Å². The molecule has 19 N–H and O–H groups in total. The molecule has 0 fully saturated rings. The van der Waals surface area contributed by atoms with Gasteiger partial charge in [0.05, 0.1) is 26.1 Å². The molecular weight excluding hydrogens is 1000 g/mol. The van der Waals surface area contributed by atoms with Gasteiger partial charge in [0.2, 0.25) is 65.0 Å². The minimum absolute atomic E-state index is 0.120. The fourth-order valence-electron chi connectivity index (χ4n) is 6.95. The van der Waals surface area contributed by atoms with E-state index in [4.69, 9.17) is 22.3 Å². The topological polar surface area (TPSA) is 489 Å². The summed E-state index contributed by atoms with van der Waals surface area (Å²) in [6, 6.07) is 2.13. The van der Waals surface area contributed by atoms with Crippen molar-refractivity contribution < 1.29 is 82.8 Å². The number of nitrogens with one attached hydrogen (secondary N) is 9. The van der Waals surface area contributed by atoms with Crippen LogP contribution in [-0.4, -0.2) is 166 Å². The number of carbonyl (C=O) groups excluding carboxylic acids is 11. The molecule has 0 saturated carbocycles. The highest BCUT2D eigenvalue weighted by Crippen LogP contribution is 2.14. The highest BCUT2D eigenvalue weighted by molar-refractivity contribution is 5.99. The second-order valence-electron chi connectivity index (χ2n) is 17.6. The third-order valence-electron chi connectivity index (χ3n) is 10.8. The number of carboxylic acid groups (broad SMARTS) is 2. The summed E-state index contributed by atoms with van der Waals surface area (Å²) >= 11 is 0. The molecule has 416 valence electrons. The van der Waals surface area contributed by atoms with E-state index in [1.165, 1.54) is 24.3 Å². The van der Waals surface area contributed by atoms with Crippen LogP contribution in [0.15, 0.2) is 54.6 Å². The monoisotopic (exact) mass is 1070 g/mol. The van der Waals surface area contributed by atoms with E-state index in [2.05, 4.69) is 42.5 Å². The van der Waals surface area contributed by atoms with Gasteiger partial charge in [-0.05, 0) is 48.4 Å². The van der Waals surface area contributed by atoms with Crippen molar-refractivity contribution in [3.63, 3.8) is 0 Å². The molecule has 0 heterocycles. The third-order valence-corrected chi connectivity index (χ3v) is 10.8. The van der Waals surface area contributed by atoms with Crippen LogP contribution in [-0.2, 0) is 75.2 Å². The van der Waals surface area contributed by atoms with Crippen molar-refractivity contribution in [2.45, 2.75) is 108 Å². The van der Waals surface area contributed by atoms with Gasteiger partial charge in [-0.2, -0.15) is 0 Å². The fourth-order valence-corrected chi connectivity index (χ4v) is 6.95. The van der Waals surface area contributed by atoms with Gasteiger partial charge in [0.25, 0.3) is 0 Å².